The summed E-state index contributed by atoms with van der Waals surface area (Å²) in [4.78, 5) is 4.62. The molecule has 3 heteroatoms. The van der Waals surface area contributed by atoms with Crippen molar-refractivity contribution in [3.63, 3.8) is 0 Å². The van der Waals surface area contributed by atoms with E-state index in [0.29, 0.717) is 6.04 Å². The van der Waals surface area contributed by atoms with Crippen LogP contribution in [0.15, 0.2) is 35.4 Å². The molecule has 0 aromatic carbocycles. The van der Waals surface area contributed by atoms with E-state index >= 15 is 0 Å². The Labute approximate surface area is 131 Å². The highest BCUT2D eigenvalue weighted by atomic mass is 32.1. The number of aromatic nitrogens is 1. The Hall–Kier alpha value is -1.19. The van der Waals surface area contributed by atoms with Gasteiger partial charge in [0, 0.05) is 6.20 Å². The molecule has 1 aliphatic carbocycles. The van der Waals surface area contributed by atoms with Crippen molar-refractivity contribution in [3.8, 4) is 0 Å². The van der Waals surface area contributed by atoms with Crippen LogP contribution in [0.2, 0.25) is 0 Å². The van der Waals surface area contributed by atoms with Crippen molar-refractivity contribution in [1.82, 2.24) is 10.3 Å². The molecule has 2 nitrogen and oxygen atoms in total. The van der Waals surface area contributed by atoms with Gasteiger partial charge in [0.05, 0.1) is 16.3 Å². The van der Waals surface area contributed by atoms with E-state index in [-0.39, 0.29) is 0 Å². The molecule has 112 valence electrons. The molecule has 1 N–H and O–H groups in total. The fraction of sp³-hybridized carbons (Fsp3) is 0.500. The van der Waals surface area contributed by atoms with Crippen LogP contribution >= 0.6 is 11.3 Å². The van der Waals surface area contributed by atoms with Crippen molar-refractivity contribution in [2.75, 3.05) is 6.54 Å². The first-order valence-electron chi connectivity index (χ1n) is 8.14. The molecule has 0 spiro atoms. The van der Waals surface area contributed by atoms with Crippen molar-refractivity contribution in [2.45, 2.75) is 51.5 Å². The normalized spacial score (nSPS) is 20.5. The van der Waals surface area contributed by atoms with Gasteiger partial charge in [0.1, 0.15) is 0 Å². The number of rotatable bonds is 4. The summed E-state index contributed by atoms with van der Waals surface area (Å²) in [5.74, 6) is 0. The molecule has 1 atom stereocenters. The smallest absolute Gasteiger partial charge is 0.0809 e. The third-order valence-corrected chi connectivity index (χ3v) is 5.12. The Morgan fingerprint density at radius 2 is 2.19 bits per heavy atom. The molecule has 0 amide bonds. The van der Waals surface area contributed by atoms with E-state index in [2.05, 4.69) is 47.0 Å². The molecule has 0 fully saturated rings. The van der Waals surface area contributed by atoms with E-state index in [1.165, 1.54) is 48.8 Å². The minimum absolute atomic E-state index is 0.340. The molecule has 0 aliphatic heterocycles. The molecule has 0 saturated carbocycles. The van der Waals surface area contributed by atoms with Crippen LogP contribution in [0.5, 0.6) is 0 Å². The zero-order chi connectivity index (χ0) is 14.5. The number of fused-ring (bicyclic) bond motifs is 1. The molecule has 1 unspecified atom stereocenters. The van der Waals surface area contributed by atoms with Crippen LogP contribution in [0.1, 0.15) is 57.1 Å². The van der Waals surface area contributed by atoms with Crippen LogP contribution in [0, 0.1) is 0 Å². The summed E-state index contributed by atoms with van der Waals surface area (Å²) in [6, 6.07) is 4.76. The van der Waals surface area contributed by atoms with Crippen LogP contribution < -0.4 is 5.32 Å². The largest absolute Gasteiger partial charge is 0.307 e. The third-order valence-electron chi connectivity index (χ3n) is 4.26. The van der Waals surface area contributed by atoms with Crippen molar-refractivity contribution in [2.24, 2.45) is 0 Å². The van der Waals surface area contributed by atoms with Gasteiger partial charge in [-0.2, -0.15) is 0 Å². The topological polar surface area (TPSA) is 24.9 Å². The second-order valence-electron chi connectivity index (χ2n) is 5.80. The van der Waals surface area contributed by atoms with Crippen molar-refractivity contribution in [3.05, 3.63) is 40.9 Å². The Morgan fingerprint density at radius 3 is 3.10 bits per heavy atom. The van der Waals surface area contributed by atoms with Crippen molar-refractivity contribution < 1.29 is 0 Å². The summed E-state index contributed by atoms with van der Waals surface area (Å²) < 4.78 is 1.29. The minimum atomic E-state index is 0.340. The highest BCUT2D eigenvalue weighted by Crippen LogP contribution is 2.31. The molecule has 3 rings (SSSR count). The van der Waals surface area contributed by atoms with E-state index in [1.807, 2.05) is 0 Å². The molecule has 0 bridgehead atoms. The number of nitrogens with zero attached hydrogens (tertiary/aromatic N) is 1. The number of thiophene rings is 1. The lowest BCUT2D eigenvalue weighted by Crippen LogP contribution is -2.23. The summed E-state index contributed by atoms with van der Waals surface area (Å²) in [6.07, 6.45) is 12.4. The molecule has 0 radical (unpaired) electrons. The quantitative estimate of drug-likeness (QED) is 0.782. The second kappa shape index (κ2) is 7.19. The number of likely N-dealkylation sites (N-methyl/N-ethyl adjacent to an activating group) is 1. The van der Waals surface area contributed by atoms with Gasteiger partial charge in [-0.25, -0.2) is 0 Å². The van der Waals surface area contributed by atoms with Crippen molar-refractivity contribution in [1.29, 1.82) is 0 Å². The number of pyridine rings is 1. The first-order valence-corrected chi connectivity index (χ1v) is 9.02. The van der Waals surface area contributed by atoms with Crippen LogP contribution in [-0.2, 0) is 0 Å². The van der Waals surface area contributed by atoms with Gasteiger partial charge in [0.25, 0.3) is 0 Å². The summed E-state index contributed by atoms with van der Waals surface area (Å²) in [6.45, 7) is 3.18. The zero-order valence-electron chi connectivity index (χ0n) is 12.8. The first-order chi connectivity index (χ1) is 10.4. The summed E-state index contributed by atoms with van der Waals surface area (Å²) in [5.41, 5.74) is 4.00. The van der Waals surface area contributed by atoms with Gasteiger partial charge in [-0.1, -0.05) is 31.4 Å². The Balaban J connectivity index is 1.91. The van der Waals surface area contributed by atoms with Crippen LogP contribution in [0.25, 0.3) is 10.2 Å². The number of nitrogens with one attached hydrogen (secondary N) is 1. The molecule has 21 heavy (non-hydrogen) atoms. The lowest BCUT2D eigenvalue weighted by atomic mass is 9.91. The molecular weight excluding hydrogens is 276 g/mol. The van der Waals surface area contributed by atoms with Gasteiger partial charge in [-0.15, -0.1) is 11.3 Å². The standard InChI is InChI=1S/C18H24N2S/c1-2-19-18(14-8-6-4-3-5-7-9-14)15-12-17-16(20-13-15)10-11-21-17/h8,10-13,18-19H,2-7,9H2,1H3/b14-8+. The zero-order valence-corrected chi connectivity index (χ0v) is 13.6. The van der Waals surface area contributed by atoms with E-state index in [4.69, 9.17) is 0 Å². The number of allylic oxidation sites excluding steroid dienone is 1. The second-order valence-corrected chi connectivity index (χ2v) is 6.74. The maximum atomic E-state index is 4.62. The highest BCUT2D eigenvalue weighted by molar-refractivity contribution is 7.17. The molecule has 2 aromatic heterocycles. The maximum absolute atomic E-state index is 4.62. The van der Waals surface area contributed by atoms with Gasteiger partial charge < -0.3 is 5.32 Å². The van der Waals surface area contributed by atoms with E-state index in [9.17, 15) is 0 Å². The van der Waals surface area contributed by atoms with Gasteiger partial charge in [0.2, 0.25) is 0 Å². The summed E-state index contributed by atoms with van der Waals surface area (Å²) in [7, 11) is 0. The molecule has 1 aliphatic rings. The highest BCUT2D eigenvalue weighted by Gasteiger charge is 2.17. The third kappa shape index (κ3) is 3.53. The Kier molecular flexibility index (Phi) is 5.04. The van der Waals surface area contributed by atoms with Crippen LogP contribution in [0.4, 0.5) is 0 Å². The van der Waals surface area contributed by atoms with Gasteiger partial charge in [0.15, 0.2) is 0 Å². The average Bonchev–Trinajstić information content (AvgIpc) is 2.92. The Morgan fingerprint density at radius 1 is 1.29 bits per heavy atom. The maximum Gasteiger partial charge on any atom is 0.0809 e. The van der Waals surface area contributed by atoms with E-state index < -0.39 is 0 Å². The summed E-state index contributed by atoms with van der Waals surface area (Å²) >= 11 is 1.78. The van der Waals surface area contributed by atoms with Crippen LogP contribution in [-0.4, -0.2) is 11.5 Å². The molecule has 0 saturated heterocycles. The lowest BCUT2D eigenvalue weighted by molar-refractivity contribution is 0.553. The monoisotopic (exact) mass is 300 g/mol. The fourth-order valence-electron chi connectivity index (χ4n) is 3.17. The van der Waals surface area contributed by atoms with Crippen LogP contribution in [0.3, 0.4) is 0 Å². The first kappa shape index (κ1) is 14.7. The SMILES string of the molecule is CCNC(/C1=C/CCCCCC1)c1cnc2ccsc2c1. The Bertz CT molecular complexity index is 614. The van der Waals surface area contributed by atoms with Gasteiger partial charge in [-0.05, 0) is 55.3 Å². The lowest BCUT2D eigenvalue weighted by Gasteiger charge is -2.23. The fourth-order valence-corrected chi connectivity index (χ4v) is 3.95. The predicted octanol–water partition coefficient (Wildman–Crippen LogP) is 5.23. The van der Waals surface area contributed by atoms with Gasteiger partial charge >= 0.3 is 0 Å². The van der Waals surface area contributed by atoms with E-state index in [0.717, 1.165) is 12.1 Å². The molecule has 2 heterocycles. The van der Waals surface area contributed by atoms with Gasteiger partial charge in [-0.3, -0.25) is 4.98 Å². The number of hydrogen-bond acceptors (Lipinski definition) is 3. The molecular formula is C18H24N2S. The number of hydrogen-bond donors (Lipinski definition) is 1. The molecule has 2 aromatic rings. The average molecular weight is 300 g/mol. The van der Waals surface area contributed by atoms with E-state index in [1.54, 1.807) is 16.9 Å². The summed E-state index contributed by atoms with van der Waals surface area (Å²) in [5, 5.41) is 5.79. The minimum Gasteiger partial charge on any atom is -0.307 e. The van der Waals surface area contributed by atoms with Crippen molar-refractivity contribution >= 4 is 21.6 Å². The predicted molar refractivity (Wildman–Crippen MR) is 91.8 cm³/mol.